The summed E-state index contributed by atoms with van der Waals surface area (Å²) >= 11 is 0. The number of aliphatic hydroxyl groups is 1. The summed E-state index contributed by atoms with van der Waals surface area (Å²) in [4.78, 5) is 8.99. The van der Waals surface area contributed by atoms with Crippen molar-refractivity contribution in [2.75, 3.05) is 6.67 Å². The highest BCUT2D eigenvalue weighted by atomic mass is 19.1. The molecule has 0 aromatic heterocycles. The van der Waals surface area contributed by atoms with E-state index in [9.17, 15) is 9.50 Å². The molecule has 3 nitrogen and oxygen atoms in total. The minimum Gasteiger partial charge on any atom is -0.479 e. The number of hydrogen-bond donors (Lipinski definition) is 2. The third-order valence-electron chi connectivity index (χ3n) is 3.10. The average Bonchev–Trinajstić information content (AvgIpc) is 2.17. The van der Waals surface area contributed by atoms with Crippen LogP contribution >= 0.6 is 0 Å². The molecule has 96 valence electrons. The number of aliphatic carboxylic acids is 1. The lowest BCUT2D eigenvalue weighted by Crippen LogP contribution is -2.31. The summed E-state index contributed by atoms with van der Waals surface area (Å²) in [6, 6.07) is 0. The van der Waals surface area contributed by atoms with E-state index in [1.807, 2.05) is 0 Å². The Kier molecular flexibility index (Phi) is 7.30. The van der Waals surface area contributed by atoms with Crippen molar-refractivity contribution in [1.82, 2.24) is 0 Å². The van der Waals surface area contributed by atoms with Crippen molar-refractivity contribution < 1.29 is 19.4 Å². The van der Waals surface area contributed by atoms with Crippen LogP contribution < -0.4 is 0 Å². The van der Waals surface area contributed by atoms with Crippen molar-refractivity contribution in [3.05, 3.63) is 0 Å². The molecule has 0 bridgehead atoms. The fraction of sp³-hybridized carbons (Fsp3) is 0.917. The molecular formula is C12H23FO3. The summed E-state index contributed by atoms with van der Waals surface area (Å²) in [6.45, 7) is 5.38. The van der Waals surface area contributed by atoms with E-state index in [0.29, 0.717) is 11.8 Å². The van der Waals surface area contributed by atoms with Crippen LogP contribution in [-0.4, -0.2) is 29.0 Å². The highest BCUT2D eigenvalue weighted by Gasteiger charge is 2.28. The summed E-state index contributed by atoms with van der Waals surface area (Å²) in [7, 11) is 0. The number of hydrogen-bond acceptors (Lipinski definition) is 2. The van der Waals surface area contributed by atoms with Gasteiger partial charge in [0.25, 0.3) is 0 Å². The minimum atomic E-state index is -1.41. The second kappa shape index (κ2) is 7.60. The summed E-state index contributed by atoms with van der Waals surface area (Å²) in [5.74, 6) is 0.536. The maximum Gasteiger partial charge on any atom is 0.335 e. The second-order valence-corrected chi connectivity index (χ2v) is 4.92. The molecule has 4 heteroatoms. The van der Waals surface area contributed by atoms with E-state index >= 15 is 0 Å². The number of alkyl halides is 1. The molecule has 1 fully saturated rings. The van der Waals surface area contributed by atoms with Crippen LogP contribution in [0, 0.1) is 17.8 Å². The Morgan fingerprint density at radius 1 is 1.44 bits per heavy atom. The van der Waals surface area contributed by atoms with Gasteiger partial charge in [-0.05, 0) is 30.6 Å². The molecule has 3 unspecified atom stereocenters. The lowest BCUT2D eigenvalue weighted by molar-refractivity contribution is -0.137. The number of carboxylic acids is 1. The summed E-state index contributed by atoms with van der Waals surface area (Å²) in [6.07, 6.45) is 3.52. The van der Waals surface area contributed by atoms with Crippen LogP contribution in [0.1, 0.15) is 40.0 Å². The Morgan fingerprint density at radius 2 is 1.94 bits per heavy atom. The van der Waals surface area contributed by atoms with Gasteiger partial charge in [-0.3, -0.25) is 0 Å². The molecule has 0 radical (unpaired) electrons. The maximum atomic E-state index is 10.5. The first kappa shape index (κ1) is 15.4. The monoisotopic (exact) mass is 234 g/mol. The van der Waals surface area contributed by atoms with E-state index in [1.165, 1.54) is 12.8 Å². The maximum absolute atomic E-state index is 10.5. The molecule has 1 aliphatic carbocycles. The van der Waals surface area contributed by atoms with Gasteiger partial charge in [0.05, 0.1) is 6.10 Å². The molecule has 0 aliphatic heterocycles. The quantitative estimate of drug-likeness (QED) is 0.771. The van der Waals surface area contributed by atoms with Crippen molar-refractivity contribution in [2.24, 2.45) is 17.8 Å². The molecule has 0 amide bonds. The van der Waals surface area contributed by atoms with Gasteiger partial charge in [0.1, 0.15) is 0 Å². The van der Waals surface area contributed by atoms with Gasteiger partial charge in [-0.15, -0.1) is 0 Å². The summed E-state index contributed by atoms with van der Waals surface area (Å²) < 4.78 is 10.5. The SMILES string of the molecule is CC1CCC(C(C)C)C(O)C1.O=C(O)CF. The first-order valence-electron chi connectivity index (χ1n) is 5.84. The van der Waals surface area contributed by atoms with Gasteiger partial charge in [0.2, 0.25) is 0 Å². The Morgan fingerprint density at radius 3 is 2.25 bits per heavy atom. The highest BCUT2D eigenvalue weighted by molar-refractivity contribution is 5.67. The predicted molar refractivity (Wildman–Crippen MR) is 61.0 cm³/mol. The van der Waals surface area contributed by atoms with Crippen LogP contribution in [0.3, 0.4) is 0 Å². The Balaban J connectivity index is 0.000000385. The average molecular weight is 234 g/mol. The molecule has 0 aromatic rings. The molecule has 0 aromatic carbocycles. The summed E-state index contributed by atoms with van der Waals surface area (Å²) in [5, 5.41) is 17.1. The van der Waals surface area contributed by atoms with E-state index in [0.717, 1.165) is 12.3 Å². The fourth-order valence-corrected chi connectivity index (χ4v) is 2.15. The van der Waals surface area contributed by atoms with Gasteiger partial charge < -0.3 is 10.2 Å². The van der Waals surface area contributed by atoms with Crippen LogP contribution in [0.4, 0.5) is 4.39 Å². The van der Waals surface area contributed by atoms with E-state index in [1.54, 1.807) is 0 Å². The van der Waals surface area contributed by atoms with Crippen molar-refractivity contribution in [3.8, 4) is 0 Å². The van der Waals surface area contributed by atoms with Crippen LogP contribution in [0.5, 0.6) is 0 Å². The molecule has 2 N–H and O–H groups in total. The molecule has 0 heterocycles. The fourth-order valence-electron chi connectivity index (χ4n) is 2.15. The normalized spacial score (nSPS) is 29.5. The van der Waals surface area contributed by atoms with Gasteiger partial charge in [-0.25, -0.2) is 9.18 Å². The number of carbonyl (C=O) groups is 1. The molecular weight excluding hydrogens is 211 g/mol. The minimum absolute atomic E-state index is 0.0289. The first-order valence-corrected chi connectivity index (χ1v) is 5.84. The Bertz CT molecular complexity index is 206. The largest absolute Gasteiger partial charge is 0.479 e. The van der Waals surface area contributed by atoms with Crippen LogP contribution in [0.15, 0.2) is 0 Å². The van der Waals surface area contributed by atoms with Gasteiger partial charge in [0, 0.05) is 0 Å². The zero-order valence-electron chi connectivity index (χ0n) is 10.3. The molecule has 0 spiro atoms. The Labute approximate surface area is 96.7 Å². The van der Waals surface area contributed by atoms with Gasteiger partial charge in [-0.2, -0.15) is 0 Å². The van der Waals surface area contributed by atoms with E-state index in [-0.39, 0.29) is 6.10 Å². The zero-order valence-corrected chi connectivity index (χ0v) is 10.3. The third-order valence-corrected chi connectivity index (χ3v) is 3.10. The topological polar surface area (TPSA) is 57.5 Å². The molecule has 1 rings (SSSR count). The van der Waals surface area contributed by atoms with Crippen molar-refractivity contribution in [1.29, 1.82) is 0 Å². The Hall–Kier alpha value is -0.640. The number of rotatable bonds is 2. The van der Waals surface area contributed by atoms with E-state index in [4.69, 9.17) is 9.90 Å². The standard InChI is InChI=1S/C10H20O.C2H3FO2/c1-7(2)9-5-4-8(3)6-10(9)11;3-1-2(4)5/h7-11H,4-6H2,1-3H3;1H2,(H,4,5). The van der Waals surface area contributed by atoms with Gasteiger partial charge in [-0.1, -0.05) is 27.2 Å². The molecule has 3 atom stereocenters. The molecule has 0 saturated heterocycles. The van der Waals surface area contributed by atoms with Gasteiger partial charge >= 0.3 is 5.97 Å². The predicted octanol–water partition coefficient (Wildman–Crippen LogP) is 2.48. The van der Waals surface area contributed by atoms with Crippen molar-refractivity contribution >= 4 is 5.97 Å². The third kappa shape index (κ3) is 6.05. The molecule has 1 saturated carbocycles. The second-order valence-electron chi connectivity index (χ2n) is 4.92. The number of aliphatic hydroxyl groups excluding tert-OH is 1. The molecule has 1 aliphatic rings. The first-order chi connectivity index (χ1) is 7.38. The van der Waals surface area contributed by atoms with E-state index in [2.05, 4.69) is 20.8 Å². The number of halogens is 1. The van der Waals surface area contributed by atoms with Crippen LogP contribution in [-0.2, 0) is 4.79 Å². The van der Waals surface area contributed by atoms with Crippen LogP contribution in [0.25, 0.3) is 0 Å². The lowest BCUT2D eigenvalue weighted by atomic mass is 9.75. The van der Waals surface area contributed by atoms with Gasteiger partial charge in [0.15, 0.2) is 6.67 Å². The smallest absolute Gasteiger partial charge is 0.335 e. The number of carboxylic acid groups (broad SMARTS) is 1. The van der Waals surface area contributed by atoms with E-state index < -0.39 is 12.6 Å². The summed E-state index contributed by atoms with van der Waals surface area (Å²) in [5.41, 5.74) is 0. The van der Waals surface area contributed by atoms with Crippen molar-refractivity contribution in [2.45, 2.75) is 46.1 Å². The van der Waals surface area contributed by atoms with Crippen molar-refractivity contribution in [3.63, 3.8) is 0 Å². The van der Waals surface area contributed by atoms with Crippen LogP contribution in [0.2, 0.25) is 0 Å². The zero-order chi connectivity index (χ0) is 12.7. The lowest BCUT2D eigenvalue weighted by Gasteiger charge is -2.33. The molecule has 16 heavy (non-hydrogen) atoms. The highest BCUT2D eigenvalue weighted by Crippen LogP contribution is 2.33.